The van der Waals surface area contributed by atoms with Gasteiger partial charge in [-0.15, -0.1) is 0 Å². The summed E-state index contributed by atoms with van der Waals surface area (Å²) in [6.45, 7) is 5.67. The molecule has 1 aromatic rings. The largest absolute Gasteiger partial charge is 0.491 e. The summed E-state index contributed by atoms with van der Waals surface area (Å²) in [7, 11) is 2.20. The Morgan fingerprint density at radius 2 is 2.20 bits per heavy atom. The van der Waals surface area contributed by atoms with Crippen LogP contribution in [-0.2, 0) is 4.74 Å². The van der Waals surface area contributed by atoms with Gasteiger partial charge >= 0.3 is 0 Å². The number of nitrogens with zero attached hydrogens (tertiary/aromatic N) is 2. The van der Waals surface area contributed by atoms with E-state index in [4.69, 9.17) is 9.47 Å². The predicted octanol–water partition coefficient (Wildman–Crippen LogP) is 1.84. The summed E-state index contributed by atoms with van der Waals surface area (Å²) in [5.41, 5.74) is 0. The molecule has 0 amide bonds. The highest BCUT2D eigenvalue weighted by Gasteiger charge is 2.38. The van der Waals surface area contributed by atoms with Crippen LogP contribution in [0.3, 0.4) is 0 Å². The third-order valence-electron chi connectivity index (χ3n) is 4.16. The van der Waals surface area contributed by atoms with E-state index < -0.39 is 0 Å². The van der Waals surface area contributed by atoms with Gasteiger partial charge in [0.05, 0.1) is 17.2 Å². The Morgan fingerprint density at radius 3 is 3.00 bits per heavy atom. The first-order chi connectivity index (χ1) is 9.74. The van der Waals surface area contributed by atoms with Crippen molar-refractivity contribution in [2.75, 3.05) is 46.4 Å². The molecular formula is C15H21BrN2O2. The van der Waals surface area contributed by atoms with Gasteiger partial charge in [-0.1, -0.05) is 12.1 Å². The molecule has 4 nitrogen and oxygen atoms in total. The molecule has 20 heavy (non-hydrogen) atoms. The predicted molar refractivity (Wildman–Crippen MR) is 82.2 cm³/mol. The molecule has 0 spiro atoms. The molecule has 0 aromatic heterocycles. The highest BCUT2D eigenvalue weighted by atomic mass is 79.9. The molecular weight excluding hydrogens is 320 g/mol. The number of hydrogen-bond donors (Lipinski definition) is 0. The fourth-order valence-electron chi connectivity index (χ4n) is 2.96. The van der Waals surface area contributed by atoms with Crippen molar-refractivity contribution in [1.29, 1.82) is 0 Å². The van der Waals surface area contributed by atoms with Crippen molar-refractivity contribution in [1.82, 2.24) is 9.80 Å². The van der Waals surface area contributed by atoms with Crippen LogP contribution in [0.2, 0.25) is 0 Å². The zero-order chi connectivity index (χ0) is 13.9. The standard InChI is InChI=1S/C15H21BrN2O2/c1-17-6-8-20-15-11-18(10-13(15)17)7-9-19-14-5-3-2-4-12(14)16/h2-5,13,15H,6-11H2,1H3/t13-,15-/m0/s1. The summed E-state index contributed by atoms with van der Waals surface area (Å²) in [5, 5.41) is 0. The normalized spacial score (nSPS) is 27.5. The van der Waals surface area contributed by atoms with Gasteiger partial charge in [0.25, 0.3) is 0 Å². The molecule has 1 aromatic carbocycles. The van der Waals surface area contributed by atoms with Gasteiger partial charge in [-0.2, -0.15) is 0 Å². The fraction of sp³-hybridized carbons (Fsp3) is 0.600. The maximum Gasteiger partial charge on any atom is 0.133 e. The molecule has 0 aliphatic carbocycles. The summed E-state index contributed by atoms with van der Waals surface area (Å²) in [6.07, 6.45) is 0.372. The number of benzene rings is 1. The minimum absolute atomic E-state index is 0.372. The molecule has 2 saturated heterocycles. The van der Waals surface area contributed by atoms with Crippen molar-refractivity contribution >= 4 is 15.9 Å². The summed E-state index contributed by atoms with van der Waals surface area (Å²) in [4.78, 5) is 4.86. The van der Waals surface area contributed by atoms with Gasteiger partial charge in [-0.3, -0.25) is 9.80 Å². The first-order valence-corrected chi connectivity index (χ1v) is 7.95. The number of likely N-dealkylation sites (tertiary alicyclic amines) is 1. The van der Waals surface area contributed by atoms with Gasteiger partial charge in [0.1, 0.15) is 12.4 Å². The zero-order valence-corrected chi connectivity index (χ0v) is 13.4. The molecule has 0 radical (unpaired) electrons. The Labute approximate surface area is 128 Å². The van der Waals surface area contributed by atoms with Crippen LogP contribution in [0.5, 0.6) is 5.75 Å². The van der Waals surface area contributed by atoms with Crippen molar-refractivity contribution in [3.8, 4) is 5.75 Å². The van der Waals surface area contributed by atoms with Crippen molar-refractivity contribution in [3.63, 3.8) is 0 Å². The molecule has 0 unspecified atom stereocenters. The van der Waals surface area contributed by atoms with E-state index in [2.05, 4.69) is 32.8 Å². The smallest absolute Gasteiger partial charge is 0.133 e. The number of halogens is 1. The Morgan fingerprint density at radius 1 is 1.35 bits per heavy atom. The van der Waals surface area contributed by atoms with Crippen LogP contribution in [0.4, 0.5) is 0 Å². The number of hydrogen-bond acceptors (Lipinski definition) is 4. The molecule has 0 bridgehead atoms. The summed E-state index contributed by atoms with van der Waals surface area (Å²) in [6, 6.07) is 8.53. The van der Waals surface area contributed by atoms with Gasteiger partial charge in [0.2, 0.25) is 0 Å². The second-order valence-electron chi connectivity index (χ2n) is 5.50. The molecule has 0 N–H and O–H groups in total. The Bertz CT molecular complexity index is 457. The number of para-hydroxylation sites is 1. The molecule has 5 heteroatoms. The molecule has 0 saturated carbocycles. The average Bonchev–Trinajstić information content (AvgIpc) is 2.85. The number of fused-ring (bicyclic) bond motifs is 1. The van der Waals surface area contributed by atoms with Crippen LogP contribution in [0.1, 0.15) is 0 Å². The fourth-order valence-corrected chi connectivity index (χ4v) is 3.36. The van der Waals surface area contributed by atoms with Crippen molar-refractivity contribution < 1.29 is 9.47 Å². The number of rotatable bonds is 4. The zero-order valence-electron chi connectivity index (χ0n) is 11.8. The lowest BCUT2D eigenvalue weighted by molar-refractivity contribution is -0.0370. The van der Waals surface area contributed by atoms with E-state index in [0.717, 1.165) is 43.0 Å². The summed E-state index contributed by atoms with van der Waals surface area (Å²) in [5.74, 6) is 0.914. The Hall–Kier alpha value is -0.620. The lowest BCUT2D eigenvalue weighted by Gasteiger charge is -2.33. The van der Waals surface area contributed by atoms with E-state index >= 15 is 0 Å². The minimum atomic E-state index is 0.372. The maximum absolute atomic E-state index is 5.85. The SMILES string of the molecule is CN1CCO[C@H]2CN(CCOc3ccccc3Br)C[C@@H]21. The van der Waals surface area contributed by atoms with Gasteiger partial charge in [0, 0.05) is 32.2 Å². The second kappa shape index (κ2) is 6.43. The van der Waals surface area contributed by atoms with Crippen LogP contribution >= 0.6 is 15.9 Å². The molecule has 2 atom stereocenters. The van der Waals surface area contributed by atoms with E-state index in [1.54, 1.807) is 0 Å². The van der Waals surface area contributed by atoms with Crippen molar-refractivity contribution in [2.24, 2.45) is 0 Å². The maximum atomic E-state index is 5.85. The molecule has 2 aliphatic rings. The summed E-state index contributed by atoms with van der Waals surface area (Å²) < 4.78 is 12.7. The number of ether oxygens (including phenoxy) is 2. The van der Waals surface area contributed by atoms with Gasteiger partial charge in [-0.25, -0.2) is 0 Å². The van der Waals surface area contributed by atoms with Crippen LogP contribution in [0.25, 0.3) is 0 Å². The van der Waals surface area contributed by atoms with Crippen LogP contribution in [-0.4, -0.2) is 68.4 Å². The monoisotopic (exact) mass is 340 g/mol. The molecule has 110 valence electrons. The first-order valence-electron chi connectivity index (χ1n) is 7.15. The number of likely N-dealkylation sites (N-methyl/N-ethyl adjacent to an activating group) is 1. The highest BCUT2D eigenvalue weighted by Crippen LogP contribution is 2.24. The Kier molecular flexibility index (Phi) is 4.61. The van der Waals surface area contributed by atoms with E-state index in [1.807, 2.05) is 24.3 Å². The van der Waals surface area contributed by atoms with Crippen LogP contribution in [0, 0.1) is 0 Å². The van der Waals surface area contributed by atoms with Gasteiger partial charge in [-0.05, 0) is 35.1 Å². The summed E-state index contributed by atoms with van der Waals surface area (Å²) >= 11 is 3.50. The molecule has 2 fully saturated rings. The van der Waals surface area contributed by atoms with E-state index in [9.17, 15) is 0 Å². The number of morpholine rings is 1. The third kappa shape index (κ3) is 3.17. The quantitative estimate of drug-likeness (QED) is 0.835. The molecule has 2 heterocycles. The third-order valence-corrected chi connectivity index (χ3v) is 4.81. The van der Waals surface area contributed by atoms with E-state index in [1.165, 1.54) is 0 Å². The average molecular weight is 341 g/mol. The van der Waals surface area contributed by atoms with Crippen molar-refractivity contribution in [2.45, 2.75) is 12.1 Å². The highest BCUT2D eigenvalue weighted by molar-refractivity contribution is 9.10. The molecule has 2 aliphatic heterocycles. The first kappa shape index (κ1) is 14.3. The topological polar surface area (TPSA) is 24.9 Å². The van der Waals surface area contributed by atoms with E-state index in [-0.39, 0.29) is 0 Å². The Balaban J connectivity index is 1.47. The second-order valence-corrected chi connectivity index (χ2v) is 6.35. The van der Waals surface area contributed by atoms with Crippen molar-refractivity contribution in [3.05, 3.63) is 28.7 Å². The van der Waals surface area contributed by atoms with Crippen LogP contribution in [0.15, 0.2) is 28.7 Å². The molecule has 3 rings (SSSR count). The lowest BCUT2D eigenvalue weighted by atomic mass is 10.1. The van der Waals surface area contributed by atoms with Crippen LogP contribution < -0.4 is 4.74 Å². The lowest BCUT2D eigenvalue weighted by Crippen LogP contribution is -2.48. The van der Waals surface area contributed by atoms with E-state index in [0.29, 0.717) is 18.8 Å². The minimum Gasteiger partial charge on any atom is -0.491 e. The van der Waals surface area contributed by atoms with Gasteiger partial charge < -0.3 is 9.47 Å². The van der Waals surface area contributed by atoms with Gasteiger partial charge in [0.15, 0.2) is 0 Å².